The van der Waals surface area contributed by atoms with Gasteiger partial charge in [0, 0.05) is 5.56 Å². The molecule has 0 aromatic heterocycles. The first-order valence-electron chi connectivity index (χ1n) is 4.67. The predicted octanol–water partition coefficient (Wildman–Crippen LogP) is 2.43. The van der Waals surface area contributed by atoms with E-state index in [4.69, 9.17) is 0 Å². The average molecular weight is 282 g/mol. The Morgan fingerprint density at radius 1 is 1.28 bits per heavy atom. The highest BCUT2D eigenvalue weighted by molar-refractivity contribution is 7.88. The van der Waals surface area contributed by atoms with Crippen LogP contribution in [0.25, 0.3) is 0 Å². The third-order valence-electron chi connectivity index (χ3n) is 2.08. The lowest BCUT2D eigenvalue weighted by molar-refractivity contribution is -0.0500. The van der Waals surface area contributed by atoms with E-state index < -0.39 is 27.2 Å². The van der Waals surface area contributed by atoms with Crippen molar-refractivity contribution >= 4 is 15.9 Å². The van der Waals surface area contributed by atoms with Crippen LogP contribution in [0.2, 0.25) is 0 Å². The van der Waals surface area contributed by atoms with Crippen molar-refractivity contribution < 1.29 is 30.6 Å². The smallest absolute Gasteiger partial charge is 0.376 e. The first kappa shape index (κ1) is 14.5. The van der Waals surface area contributed by atoms with Crippen molar-refractivity contribution in [2.75, 3.05) is 0 Å². The molecule has 0 spiro atoms. The van der Waals surface area contributed by atoms with E-state index in [1.54, 1.807) is 6.92 Å². The summed E-state index contributed by atoms with van der Waals surface area (Å²) in [6.07, 6.45) is 0. The van der Waals surface area contributed by atoms with E-state index >= 15 is 0 Å². The molecule has 0 radical (unpaired) electrons. The van der Waals surface area contributed by atoms with E-state index in [1.165, 1.54) is 13.0 Å². The van der Waals surface area contributed by atoms with Gasteiger partial charge < -0.3 is 4.18 Å². The number of Topliss-reactive ketones (excluding diaryl/α,β-unsaturated/α-hetero) is 1. The standard InChI is InChI=1S/C10H9F3O4S/c1-6-3-4-8(5-9(6)7(2)14)17-18(15,16)10(11,12)13/h3-5H,1-2H3. The van der Waals surface area contributed by atoms with Crippen LogP contribution in [0.4, 0.5) is 13.2 Å². The topological polar surface area (TPSA) is 60.4 Å². The molecule has 4 nitrogen and oxygen atoms in total. The number of aryl methyl sites for hydroxylation is 1. The first-order valence-corrected chi connectivity index (χ1v) is 6.08. The highest BCUT2D eigenvalue weighted by Gasteiger charge is 2.48. The van der Waals surface area contributed by atoms with Crippen molar-refractivity contribution in [1.82, 2.24) is 0 Å². The molecule has 100 valence electrons. The van der Waals surface area contributed by atoms with Crippen LogP contribution in [0.1, 0.15) is 22.8 Å². The highest BCUT2D eigenvalue weighted by atomic mass is 32.2. The molecule has 0 fully saturated rings. The number of alkyl halides is 3. The Kier molecular flexibility index (Phi) is 3.70. The zero-order chi connectivity index (χ0) is 14.1. The van der Waals surface area contributed by atoms with Crippen LogP contribution in [0, 0.1) is 6.92 Å². The number of hydrogen-bond acceptors (Lipinski definition) is 4. The second-order valence-electron chi connectivity index (χ2n) is 3.52. The fourth-order valence-electron chi connectivity index (χ4n) is 1.21. The molecule has 0 aliphatic heterocycles. The van der Waals surface area contributed by atoms with Crippen LogP contribution in [-0.2, 0) is 10.1 Å². The summed E-state index contributed by atoms with van der Waals surface area (Å²) in [4.78, 5) is 11.2. The number of hydrogen-bond donors (Lipinski definition) is 0. The molecule has 0 atom stereocenters. The molecule has 0 N–H and O–H groups in total. The number of carbonyl (C=O) groups is 1. The van der Waals surface area contributed by atoms with Crippen molar-refractivity contribution in [3.63, 3.8) is 0 Å². The van der Waals surface area contributed by atoms with Gasteiger partial charge in [0.05, 0.1) is 0 Å². The van der Waals surface area contributed by atoms with Crippen LogP contribution < -0.4 is 4.18 Å². The monoisotopic (exact) mass is 282 g/mol. The lowest BCUT2D eigenvalue weighted by Crippen LogP contribution is -2.28. The molecule has 1 rings (SSSR count). The normalized spacial score (nSPS) is 12.3. The largest absolute Gasteiger partial charge is 0.534 e. The molecule has 0 aliphatic rings. The summed E-state index contributed by atoms with van der Waals surface area (Å²) in [5.74, 6) is -0.953. The van der Waals surface area contributed by atoms with Crippen molar-refractivity contribution in [2.24, 2.45) is 0 Å². The highest BCUT2D eigenvalue weighted by Crippen LogP contribution is 2.28. The summed E-state index contributed by atoms with van der Waals surface area (Å²) in [5.41, 5.74) is -4.89. The molecule has 0 bridgehead atoms. The van der Waals surface area contributed by atoms with E-state index in [0.717, 1.165) is 12.1 Å². The third kappa shape index (κ3) is 3.00. The number of ketones is 1. The Morgan fingerprint density at radius 2 is 1.83 bits per heavy atom. The van der Waals surface area contributed by atoms with Crippen LogP contribution in [0.3, 0.4) is 0 Å². The molecule has 0 aliphatic carbocycles. The van der Waals surface area contributed by atoms with Crippen molar-refractivity contribution in [2.45, 2.75) is 19.4 Å². The maximum Gasteiger partial charge on any atom is 0.534 e. The van der Waals surface area contributed by atoms with Crippen molar-refractivity contribution in [1.29, 1.82) is 0 Å². The summed E-state index contributed by atoms with van der Waals surface area (Å²) in [6, 6.07) is 3.31. The Bertz CT molecular complexity index is 575. The van der Waals surface area contributed by atoms with Crippen molar-refractivity contribution in [3.05, 3.63) is 29.3 Å². The van der Waals surface area contributed by atoms with Gasteiger partial charge in [-0.05, 0) is 31.5 Å². The molecule has 0 saturated carbocycles. The van der Waals surface area contributed by atoms with E-state index in [1.807, 2.05) is 0 Å². The Morgan fingerprint density at radius 3 is 2.28 bits per heavy atom. The Balaban J connectivity index is 3.15. The molecular formula is C10H9F3O4S. The second-order valence-corrected chi connectivity index (χ2v) is 5.05. The maximum atomic E-state index is 12.1. The molecule has 0 heterocycles. The molecule has 18 heavy (non-hydrogen) atoms. The van der Waals surface area contributed by atoms with Gasteiger partial charge in [0.1, 0.15) is 5.75 Å². The molecular weight excluding hydrogens is 273 g/mol. The minimum absolute atomic E-state index is 0.102. The van der Waals surface area contributed by atoms with Crippen molar-refractivity contribution in [3.8, 4) is 5.75 Å². The van der Waals surface area contributed by atoms with Gasteiger partial charge >= 0.3 is 15.6 Å². The van der Waals surface area contributed by atoms with Gasteiger partial charge in [-0.15, -0.1) is 0 Å². The SMILES string of the molecule is CC(=O)c1cc(OS(=O)(=O)C(F)(F)F)ccc1C. The fourth-order valence-corrected chi connectivity index (χ4v) is 1.66. The molecule has 0 amide bonds. The van der Waals surface area contributed by atoms with E-state index in [9.17, 15) is 26.4 Å². The summed E-state index contributed by atoms with van der Waals surface area (Å²) in [5, 5.41) is 0. The third-order valence-corrected chi connectivity index (χ3v) is 3.06. The lowest BCUT2D eigenvalue weighted by Gasteiger charge is -2.10. The number of rotatable bonds is 3. The quantitative estimate of drug-likeness (QED) is 0.485. The van der Waals surface area contributed by atoms with Gasteiger partial charge in [0.15, 0.2) is 5.78 Å². The van der Waals surface area contributed by atoms with Gasteiger partial charge in [0.2, 0.25) is 0 Å². The minimum atomic E-state index is -5.72. The van der Waals surface area contributed by atoms with Crippen LogP contribution in [0.15, 0.2) is 18.2 Å². The Hall–Kier alpha value is -1.57. The Labute approximate surface area is 101 Å². The number of halogens is 3. The molecule has 0 saturated heterocycles. The van der Waals surface area contributed by atoms with Gasteiger partial charge in [-0.3, -0.25) is 4.79 Å². The minimum Gasteiger partial charge on any atom is -0.376 e. The van der Waals surface area contributed by atoms with Crippen LogP contribution in [-0.4, -0.2) is 19.7 Å². The van der Waals surface area contributed by atoms with Gasteiger partial charge in [-0.2, -0.15) is 21.6 Å². The molecule has 0 unspecified atom stereocenters. The fraction of sp³-hybridized carbons (Fsp3) is 0.300. The molecule has 1 aromatic rings. The van der Waals surface area contributed by atoms with Gasteiger partial charge in [-0.1, -0.05) is 6.07 Å². The summed E-state index contributed by atoms with van der Waals surface area (Å²) < 4.78 is 61.7. The first-order chi connectivity index (χ1) is 8.04. The maximum absolute atomic E-state index is 12.1. The van der Waals surface area contributed by atoms with Crippen LogP contribution in [0.5, 0.6) is 5.75 Å². The average Bonchev–Trinajstić information content (AvgIpc) is 2.18. The second kappa shape index (κ2) is 4.60. The molecule has 8 heteroatoms. The lowest BCUT2D eigenvalue weighted by atomic mass is 10.1. The van der Waals surface area contributed by atoms with E-state index in [-0.39, 0.29) is 5.56 Å². The summed E-state index contributed by atoms with van der Waals surface area (Å²) >= 11 is 0. The zero-order valence-corrected chi connectivity index (χ0v) is 10.2. The van der Waals surface area contributed by atoms with Crippen LogP contribution >= 0.6 is 0 Å². The van der Waals surface area contributed by atoms with Gasteiger partial charge in [-0.25, -0.2) is 0 Å². The number of carbonyl (C=O) groups excluding carboxylic acids is 1. The molecule has 1 aromatic carbocycles. The summed E-state index contributed by atoms with van der Waals surface area (Å²) in [6.45, 7) is 2.78. The van der Waals surface area contributed by atoms with E-state index in [2.05, 4.69) is 4.18 Å². The van der Waals surface area contributed by atoms with E-state index in [0.29, 0.717) is 5.56 Å². The summed E-state index contributed by atoms with van der Waals surface area (Å²) in [7, 11) is -5.72. The number of benzene rings is 1. The predicted molar refractivity (Wildman–Crippen MR) is 56.8 cm³/mol. The van der Waals surface area contributed by atoms with Gasteiger partial charge in [0.25, 0.3) is 0 Å². The zero-order valence-electron chi connectivity index (χ0n) is 9.41.